The molecule has 104 valence electrons. The summed E-state index contributed by atoms with van der Waals surface area (Å²) in [6.07, 6.45) is 1.91. The fraction of sp³-hybridized carbons (Fsp3) is 0.600. The highest BCUT2D eigenvalue weighted by atomic mass is 16.5. The second kappa shape index (κ2) is 4.69. The Morgan fingerprint density at radius 2 is 2.32 bits per heavy atom. The minimum absolute atomic E-state index is 0.0511. The van der Waals surface area contributed by atoms with Gasteiger partial charge in [-0.3, -0.25) is 0 Å². The monoisotopic (exact) mass is 262 g/mol. The van der Waals surface area contributed by atoms with Crippen LogP contribution in [-0.2, 0) is 0 Å². The van der Waals surface area contributed by atoms with E-state index in [1.165, 1.54) is 0 Å². The van der Waals surface area contributed by atoms with Gasteiger partial charge in [-0.15, -0.1) is 0 Å². The molecule has 1 saturated heterocycles. The second-order valence-corrected chi connectivity index (χ2v) is 5.74. The molecule has 0 radical (unpaired) electrons. The van der Waals surface area contributed by atoms with Crippen LogP contribution >= 0.6 is 0 Å². The van der Waals surface area contributed by atoms with Crippen LogP contribution in [0.1, 0.15) is 31.4 Å². The zero-order chi connectivity index (χ0) is 13.5. The van der Waals surface area contributed by atoms with Crippen LogP contribution in [0.25, 0.3) is 0 Å². The molecular weight excluding hydrogens is 240 g/mol. The first kappa shape index (κ1) is 12.8. The highest BCUT2D eigenvalue weighted by Crippen LogP contribution is 2.45. The van der Waals surface area contributed by atoms with Crippen molar-refractivity contribution in [3.63, 3.8) is 0 Å². The Morgan fingerprint density at radius 3 is 3.05 bits per heavy atom. The van der Waals surface area contributed by atoms with Crippen molar-refractivity contribution in [1.29, 1.82) is 0 Å². The van der Waals surface area contributed by atoms with Crippen LogP contribution in [-0.4, -0.2) is 25.8 Å². The molecule has 2 aliphatic heterocycles. The van der Waals surface area contributed by atoms with Gasteiger partial charge in [0.05, 0.1) is 7.11 Å². The lowest BCUT2D eigenvalue weighted by Crippen LogP contribution is -2.55. The largest absolute Gasteiger partial charge is 0.497 e. The van der Waals surface area contributed by atoms with Crippen molar-refractivity contribution in [3.05, 3.63) is 23.8 Å². The average molecular weight is 262 g/mol. The van der Waals surface area contributed by atoms with Gasteiger partial charge in [-0.2, -0.15) is 0 Å². The van der Waals surface area contributed by atoms with E-state index in [9.17, 15) is 0 Å². The Bertz CT molecular complexity index is 477. The van der Waals surface area contributed by atoms with Crippen LogP contribution in [0.15, 0.2) is 18.2 Å². The van der Waals surface area contributed by atoms with E-state index < -0.39 is 0 Å². The molecule has 2 unspecified atom stereocenters. The smallest absolute Gasteiger partial charge is 0.128 e. The summed E-state index contributed by atoms with van der Waals surface area (Å²) in [5.41, 5.74) is 7.34. The molecule has 0 amide bonds. The van der Waals surface area contributed by atoms with Gasteiger partial charge in [0.1, 0.15) is 17.1 Å². The van der Waals surface area contributed by atoms with Crippen LogP contribution in [0, 0.1) is 5.92 Å². The zero-order valence-corrected chi connectivity index (χ0v) is 11.6. The van der Waals surface area contributed by atoms with Gasteiger partial charge in [-0.05, 0) is 19.0 Å². The fourth-order valence-electron chi connectivity index (χ4n) is 3.29. The lowest BCUT2D eigenvalue weighted by Gasteiger charge is -2.47. The van der Waals surface area contributed by atoms with Crippen LogP contribution in [0.4, 0.5) is 0 Å². The normalized spacial score (nSPS) is 33.6. The third kappa shape index (κ3) is 2.09. The number of nitrogens with one attached hydrogen (secondary N) is 1. The molecule has 1 fully saturated rings. The molecule has 19 heavy (non-hydrogen) atoms. The molecule has 1 aromatic rings. The molecule has 2 heterocycles. The maximum absolute atomic E-state index is 6.39. The highest BCUT2D eigenvalue weighted by Gasteiger charge is 2.45. The maximum atomic E-state index is 6.39. The molecule has 0 aromatic heterocycles. The van der Waals surface area contributed by atoms with E-state index in [0.29, 0.717) is 5.92 Å². The van der Waals surface area contributed by atoms with Crippen molar-refractivity contribution in [2.75, 3.05) is 20.2 Å². The lowest BCUT2D eigenvalue weighted by molar-refractivity contribution is -0.0336. The number of benzene rings is 1. The summed E-state index contributed by atoms with van der Waals surface area (Å²) in [7, 11) is 1.67. The Hall–Kier alpha value is -1.26. The Labute approximate surface area is 114 Å². The van der Waals surface area contributed by atoms with Gasteiger partial charge in [-0.1, -0.05) is 13.0 Å². The molecular formula is C15H22N2O2. The molecule has 3 atom stereocenters. The van der Waals surface area contributed by atoms with E-state index in [1.807, 2.05) is 18.2 Å². The zero-order valence-electron chi connectivity index (χ0n) is 11.6. The van der Waals surface area contributed by atoms with E-state index in [4.69, 9.17) is 15.2 Å². The predicted octanol–water partition coefficient (Wildman–Crippen LogP) is 1.85. The van der Waals surface area contributed by atoms with Crippen molar-refractivity contribution in [2.45, 2.75) is 31.4 Å². The van der Waals surface area contributed by atoms with E-state index >= 15 is 0 Å². The fourth-order valence-corrected chi connectivity index (χ4v) is 3.29. The Kier molecular flexibility index (Phi) is 3.15. The van der Waals surface area contributed by atoms with E-state index in [0.717, 1.165) is 43.0 Å². The number of hydrogen-bond donors (Lipinski definition) is 2. The minimum atomic E-state index is -0.121. The summed E-state index contributed by atoms with van der Waals surface area (Å²) in [4.78, 5) is 0. The van der Waals surface area contributed by atoms with Crippen molar-refractivity contribution in [3.8, 4) is 11.5 Å². The summed E-state index contributed by atoms with van der Waals surface area (Å²) < 4.78 is 11.7. The van der Waals surface area contributed by atoms with Crippen LogP contribution in [0.2, 0.25) is 0 Å². The molecule has 1 aromatic carbocycles. The van der Waals surface area contributed by atoms with E-state index in [1.54, 1.807) is 7.11 Å². The molecule has 4 heteroatoms. The highest BCUT2D eigenvalue weighted by molar-refractivity contribution is 5.44. The molecule has 3 N–H and O–H groups in total. The number of piperidine rings is 1. The van der Waals surface area contributed by atoms with Crippen molar-refractivity contribution >= 4 is 0 Å². The quantitative estimate of drug-likeness (QED) is 0.811. The maximum Gasteiger partial charge on any atom is 0.128 e. The van der Waals surface area contributed by atoms with Gasteiger partial charge in [0.15, 0.2) is 0 Å². The summed E-state index contributed by atoms with van der Waals surface area (Å²) in [6.45, 7) is 4.23. The lowest BCUT2D eigenvalue weighted by atomic mass is 9.75. The van der Waals surface area contributed by atoms with Gasteiger partial charge in [0.2, 0.25) is 0 Å². The Morgan fingerprint density at radius 1 is 1.47 bits per heavy atom. The molecule has 1 spiro atoms. The van der Waals surface area contributed by atoms with Gasteiger partial charge in [-0.25, -0.2) is 0 Å². The number of ether oxygens (including phenoxy) is 2. The van der Waals surface area contributed by atoms with Gasteiger partial charge in [0, 0.05) is 36.6 Å². The standard InChI is InChI=1S/C15H22N2O2/c1-10-9-17-6-5-15(10)8-13(16)12-4-3-11(18-2)7-14(12)19-15/h3-4,7,10,13,17H,5-6,8-9,16H2,1-2H3/t10?,13-,15?/m0/s1. The van der Waals surface area contributed by atoms with Crippen molar-refractivity contribution < 1.29 is 9.47 Å². The first-order chi connectivity index (χ1) is 9.14. The number of hydrogen-bond acceptors (Lipinski definition) is 4. The molecule has 2 aliphatic rings. The number of nitrogens with two attached hydrogens (primary N) is 1. The summed E-state index contributed by atoms with van der Waals surface area (Å²) in [5.74, 6) is 2.18. The van der Waals surface area contributed by atoms with E-state index in [2.05, 4.69) is 12.2 Å². The number of methoxy groups -OCH3 is 1. The first-order valence-corrected chi connectivity index (χ1v) is 6.98. The van der Waals surface area contributed by atoms with Crippen LogP contribution < -0.4 is 20.5 Å². The topological polar surface area (TPSA) is 56.5 Å². The van der Waals surface area contributed by atoms with Gasteiger partial charge < -0.3 is 20.5 Å². The first-order valence-electron chi connectivity index (χ1n) is 6.98. The average Bonchev–Trinajstić information content (AvgIpc) is 2.41. The summed E-state index contributed by atoms with van der Waals surface area (Å²) in [6, 6.07) is 5.99. The predicted molar refractivity (Wildman–Crippen MR) is 74.5 cm³/mol. The third-order valence-corrected chi connectivity index (χ3v) is 4.57. The van der Waals surface area contributed by atoms with Gasteiger partial charge in [0.25, 0.3) is 0 Å². The molecule has 3 rings (SSSR count). The second-order valence-electron chi connectivity index (χ2n) is 5.74. The SMILES string of the molecule is COc1ccc2c(c1)OC1(CCNCC1C)C[C@@H]2N. The molecule has 4 nitrogen and oxygen atoms in total. The third-order valence-electron chi connectivity index (χ3n) is 4.57. The van der Waals surface area contributed by atoms with Crippen LogP contribution in [0.5, 0.6) is 11.5 Å². The van der Waals surface area contributed by atoms with Crippen molar-refractivity contribution in [2.24, 2.45) is 11.7 Å². The molecule has 0 bridgehead atoms. The van der Waals surface area contributed by atoms with Crippen LogP contribution in [0.3, 0.4) is 0 Å². The molecule has 0 saturated carbocycles. The van der Waals surface area contributed by atoms with Crippen molar-refractivity contribution in [1.82, 2.24) is 5.32 Å². The van der Waals surface area contributed by atoms with E-state index in [-0.39, 0.29) is 11.6 Å². The minimum Gasteiger partial charge on any atom is -0.497 e. The van der Waals surface area contributed by atoms with Gasteiger partial charge >= 0.3 is 0 Å². The summed E-state index contributed by atoms with van der Waals surface area (Å²) >= 11 is 0. The summed E-state index contributed by atoms with van der Waals surface area (Å²) in [5, 5.41) is 3.42. The Balaban J connectivity index is 1.97. The number of fused-ring (bicyclic) bond motifs is 1. The molecule has 0 aliphatic carbocycles. The number of rotatable bonds is 1.